The van der Waals surface area contributed by atoms with Crippen molar-refractivity contribution in [3.63, 3.8) is 0 Å². The Morgan fingerprint density at radius 2 is 1.80 bits per heavy atom. The summed E-state index contributed by atoms with van der Waals surface area (Å²) >= 11 is 1.73. The Bertz CT molecular complexity index is 376. The van der Waals surface area contributed by atoms with Gasteiger partial charge in [0.1, 0.15) is 0 Å². The van der Waals surface area contributed by atoms with Crippen LogP contribution >= 0.6 is 11.8 Å². The minimum absolute atomic E-state index is 0.0871. The van der Waals surface area contributed by atoms with Gasteiger partial charge >= 0.3 is 6.18 Å². The van der Waals surface area contributed by atoms with Crippen LogP contribution in [0.2, 0.25) is 0 Å². The van der Waals surface area contributed by atoms with E-state index in [-0.39, 0.29) is 12.5 Å². The second-order valence-corrected chi connectivity index (χ2v) is 6.00. The van der Waals surface area contributed by atoms with E-state index in [9.17, 15) is 13.2 Å². The Morgan fingerprint density at radius 3 is 2.30 bits per heavy atom. The van der Waals surface area contributed by atoms with Crippen LogP contribution in [0.1, 0.15) is 44.7 Å². The lowest BCUT2D eigenvalue weighted by Crippen LogP contribution is -2.24. The van der Waals surface area contributed by atoms with Crippen molar-refractivity contribution >= 4 is 11.8 Å². The molecule has 0 aliphatic heterocycles. The van der Waals surface area contributed by atoms with E-state index in [2.05, 4.69) is 12.2 Å². The number of hydrogen-bond acceptors (Lipinski definition) is 2. The highest BCUT2D eigenvalue weighted by Crippen LogP contribution is 2.28. The number of hydrogen-bond donors (Lipinski definition) is 1. The molecule has 1 N–H and O–H groups in total. The summed E-state index contributed by atoms with van der Waals surface area (Å²) in [5.74, 6) is 0.991. The number of rotatable bonds is 8. The molecule has 5 heteroatoms. The second kappa shape index (κ2) is 8.57. The summed E-state index contributed by atoms with van der Waals surface area (Å²) in [5.41, 5.74) is 0.933. The highest BCUT2D eigenvalue weighted by molar-refractivity contribution is 7.99. The van der Waals surface area contributed by atoms with E-state index >= 15 is 0 Å². The molecular formula is C15H22F3NS. The van der Waals surface area contributed by atoms with Crippen LogP contribution in [0, 0.1) is 0 Å². The largest absolute Gasteiger partial charge is 0.389 e. The molecule has 1 rings (SSSR count). The first-order valence-corrected chi connectivity index (χ1v) is 7.97. The van der Waals surface area contributed by atoms with E-state index in [1.807, 2.05) is 31.2 Å². The van der Waals surface area contributed by atoms with E-state index in [0.29, 0.717) is 0 Å². The predicted octanol–water partition coefficient (Wildman–Crippen LogP) is 5.18. The molecule has 0 spiro atoms. The molecule has 0 aliphatic carbocycles. The summed E-state index contributed by atoms with van der Waals surface area (Å²) in [7, 11) is 0. The van der Waals surface area contributed by atoms with Gasteiger partial charge in [-0.15, -0.1) is 11.8 Å². The Balaban J connectivity index is 2.70. The maximum Gasteiger partial charge on any atom is 0.389 e. The highest BCUT2D eigenvalue weighted by atomic mass is 32.2. The van der Waals surface area contributed by atoms with Crippen molar-refractivity contribution in [1.82, 2.24) is 5.32 Å². The maximum atomic E-state index is 12.4. The zero-order chi connectivity index (χ0) is 15.0. The molecule has 1 nitrogen and oxygen atoms in total. The Hall–Kier alpha value is -0.680. The van der Waals surface area contributed by atoms with Gasteiger partial charge < -0.3 is 5.32 Å². The molecule has 114 valence electrons. The van der Waals surface area contributed by atoms with Crippen LogP contribution in [-0.2, 0) is 0 Å². The molecule has 1 aromatic carbocycles. The van der Waals surface area contributed by atoms with Gasteiger partial charge in [0.2, 0.25) is 0 Å². The molecule has 0 amide bonds. The van der Waals surface area contributed by atoms with E-state index in [1.54, 1.807) is 11.8 Å². The van der Waals surface area contributed by atoms with Crippen molar-refractivity contribution in [2.75, 3.05) is 12.3 Å². The molecule has 0 radical (unpaired) electrons. The fourth-order valence-electron chi connectivity index (χ4n) is 1.98. The SMILES string of the molecule is CCCNC(CCC(F)(F)F)c1ccc(SCC)cc1. The fraction of sp³-hybridized carbons (Fsp3) is 0.600. The van der Waals surface area contributed by atoms with Crippen molar-refractivity contribution in [1.29, 1.82) is 0 Å². The van der Waals surface area contributed by atoms with Gasteiger partial charge in [0.05, 0.1) is 0 Å². The van der Waals surface area contributed by atoms with Gasteiger partial charge in [-0.3, -0.25) is 0 Å². The van der Waals surface area contributed by atoms with Crippen molar-refractivity contribution in [2.24, 2.45) is 0 Å². The molecule has 0 bridgehead atoms. The molecule has 0 aliphatic rings. The van der Waals surface area contributed by atoms with Gasteiger partial charge in [-0.05, 0) is 42.8 Å². The van der Waals surface area contributed by atoms with E-state index < -0.39 is 12.6 Å². The molecule has 0 aromatic heterocycles. The summed E-state index contributed by atoms with van der Waals surface area (Å²) in [6.07, 6.45) is -3.85. The van der Waals surface area contributed by atoms with Crippen LogP contribution in [0.3, 0.4) is 0 Å². The van der Waals surface area contributed by atoms with Crippen molar-refractivity contribution in [2.45, 2.75) is 50.2 Å². The zero-order valence-electron chi connectivity index (χ0n) is 12.0. The molecular weight excluding hydrogens is 283 g/mol. The molecule has 0 fully saturated rings. The quantitative estimate of drug-likeness (QED) is 0.664. The third kappa shape index (κ3) is 6.66. The smallest absolute Gasteiger partial charge is 0.310 e. The topological polar surface area (TPSA) is 12.0 Å². The summed E-state index contributed by atoms with van der Waals surface area (Å²) < 4.78 is 37.2. The molecule has 20 heavy (non-hydrogen) atoms. The van der Waals surface area contributed by atoms with Crippen LogP contribution in [-0.4, -0.2) is 18.5 Å². The van der Waals surface area contributed by atoms with E-state index in [0.717, 1.165) is 29.2 Å². The molecule has 0 saturated heterocycles. The van der Waals surface area contributed by atoms with Crippen LogP contribution in [0.15, 0.2) is 29.2 Å². The summed E-state index contributed by atoms with van der Waals surface area (Å²) in [5, 5.41) is 3.20. The van der Waals surface area contributed by atoms with E-state index in [1.165, 1.54) is 0 Å². The first-order chi connectivity index (χ1) is 9.46. The summed E-state index contributed by atoms with van der Waals surface area (Å²) in [6.45, 7) is 4.82. The summed E-state index contributed by atoms with van der Waals surface area (Å²) in [6, 6.07) is 7.61. The zero-order valence-corrected chi connectivity index (χ0v) is 12.8. The number of halogens is 3. The number of alkyl halides is 3. The van der Waals surface area contributed by atoms with Gasteiger partial charge in [-0.1, -0.05) is 26.0 Å². The lowest BCUT2D eigenvalue weighted by atomic mass is 10.0. The fourth-order valence-corrected chi connectivity index (χ4v) is 2.64. The molecule has 0 saturated carbocycles. The Labute approximate surface area is 123 Å². The third-order valence-corrected chi connectivity index (χ3v) is 3.84. The van der Waals surface area contributed by atoms with Crippen molar-refractivity contribution < 1.29 is 13.2 Å². The lowest BCUT2D eigenvalue weighted by molar-refractivity contribution is -0.136. The Morgan fingerprint density at radius 1 is 1.15 bits per heavy atom. The average Bonchev–Trinajstić information content (AvgIpc) is 2.39. The molecule has 0 heterocycles. The monoisotopic (exact) mass is 305 g/mol. The third-order valence-electron chi connectivity index (χ3n) is 2.95. The van der Waals surface area contributed by atoms with Crippen LogP contribution in [0.5, 0.6) is 0 Å². The predicted molar refractivity (Wildman–Crippen MR) is 79.2 cm³/mol. The first kappa shape index (κ1) is 17.4. The lowest BCUT2D eigenvalue weighted by Gasteiger charge is -2.20. The van der Waals surface area contributed by atoms with Gasteiger partial charge in [0.15, 0.2) is 0 Å². The Kier molecular flexibility index (Phi) is 7.45. The van der Waals surface area contributed by atoms with E-state index in [4.69, 9.17) is 0 Å². The number of thioether (sulfide) groups is 1. The normalized spacial score (nSPS) is 13.4. The van der Waals surface area contributed by atoms with Crippen LogP contribution in [0.4, 0.5) is 13.2 Å². The highest BCUT2D eigenvalue weighted by Gasteiger charge is 2.28. The minimum Gasteiger partial charge on any atom is -0.310 e. The second-order valence-electron chi connectivity index (χ2n) is 4.66. The number of benzene rings is 1. The van der Waals surface area contributed by atoms with Gasteiger partial charge in [-0.2, -0.15) is 13.2 Å². The van der Waals surface area contributed by atoms with Crippen molar-refractivity contribution in [3.05, 3.63) is 29.8 Å². The van der Waals surface area contributed by atoms with Gasteiger partial charge in [0, 0.05) is 17.4 Å². The molecule has 1 unspecified atom stereocenters. The average molecular weight is 305 g/mol. The molecule has 1 atom stereocenters. The maximum absolute atomic E-state index is 12.4. The first-order valence-electron chi connectivity index (χ1n) is 6.99. The van der Waals surface area contributed by atoms with Crippen molar-refractivity contribution in [3.8, 4) is 0 Å². The molecule has 1 aromatic rings. The standard InChI is InChI=1S/C15H22F3NS/c1-3-11-19-14(9-10-15(16,17)18)12-5-7-13(8-6-12)20-4-2/h5-8,14,19H,3-4,9-11H2,1-2H3. The van der Waals surface area contributed by atoms with Gasteiger partial charge in [-0.25, -0.2) is 0 Å². The summed E-state index contributed by atoms with van der Waals surface area (Å²) in [4.78, 5) is 1.15. The van der Waals surface area contributed by atoms with Crippen LogP contribution in [0.25, 0.3) is 0 Å². The van der Waals surface area contributed by atoms with Crippen LogP contribution < -0.4 is 5.32 Å². The van der Waals surface area contributed by atoms with Gasteiger partial charge in [0.25, 0.3) is 0 Å². The minimum atomic E-state index is -4.09. The number of nitrogens with one attached hydrogen (secondary N) is 1.